The van der Waals surface area contributed by atoms with Crippen molar-refractivity contribution in [1.82, 2.24) is 0 Å². The maximum atomic E-state index is 5.41. The molecular weight excluding hydrogens is 196 g/mol. The molecule has 90 valence electrons. The van der Waals surface area contributed by atoms with Crippen LogP contribution < -0.4 is 0 Å². The van der Waals surface area contributed by atoms with Crippen LogP contribution in [0.3, 0.4) is 0 Å². The predicted octanol–water partition coefficient (Wildman–Crippen LogP) is 1.60. The van der Waals surface area contributed by atoms with Gasteiger partial charge in [-0.1, -0.05) is 6.58 Å². The van der Waals surface area contributed by atoms with Gasteiger partial charge in [-0.15, -0.1) is 0 Å². The molecule has 0 aliphatic rings. The maximum absolute atomic E-state index is 5.41. The van der Waals surface area contributed by atoms with Gasteiger partial charge in [0.25, 0.3) is 0 Å². The van der Waals surface area contributed by atoms with Crippen LogP contribution in [0, 0.1) is 0 Å². The maximum Gasteiger partial charge on any atom is 0.113 e. The van der Waals surface area contributed by atoms with Crippen molar-refractivity contribution in [3.05, 3.63) is 12.8 Å². The fourth-order valence-electron chi connectivity index (χ4n) is 0.924. The van der Waals surface area contributed by atoms with Crippen LogP contribution in [0.25, 0.3) is 0 Å². The van der Waals surface area contributed by atoms with Gasteiger partial charge in [-0.25, -0.2) is 0 Å². The van der Waals surface area contributed by atoms with Gasteiger partial charge in [0.15, 0.2) is 0 Å². The highest BCUT2D eigenvalue weighted by Crippen LogP contribution is 1.92. The highest BCUT2D eigenvalue weighted by molar-refractivity contribution is 4.53. The fourth-order valence-corrected chi connectivity index (χ4v) is 0.924. The predicted molar refractivity (Wildman–Crippen MR) is 58.9 cm³/mol. The Kier molecular flexibility index (Phi) is 11.1. The van der Waals surface area contributed by atoms with Crippen LogP contribution in [-0.2, 0) is 18.9 Å². The van der Waals surface area contributed by atoms with E-state index in [-0.39, 0.29) is 6.10 Å². The molecule has 0 heterocycles. The normalized spacial score (nSPS) is 12.4. The lowest BCUT2D eigenvalue weighted by molar-refractivity contribution is -0.0228. The molecule has 0 amide bonds. The van der Waals surface area contributed by atoms with Gasteiger partial charge in [0.2, 0.25) is 0 Å². The first kappa shape index (κ1) is 14.4. The Labute approximate surface area is 92.2 Å². The SMILES string of the molecule is C=COCC(C)OCCOCCOCC. The molecule has 4 nitrogen and oxygen atoms in total. The monoisotopic (exact) mass is 218 g/mol. The van der Waals surface area contributed by atoms with E-state index in [1.54, 1.807) is 0 Å². The standard InChI is InChI=1S/C11H22O4/c1-4-12-6-7-14-8-9-15-11(3)10-13-5-2/h5,11H,2,4,6-10H2,1,3H3. The van der Waals surface area contributed by atoms with Gasteiger partial charge in [0.05, 0.1) is 38.8 Å². The average Bonchev–Trinajstić information content (AvgIpc) is 2.25. The Hall–Kier alpha value is -0.580. The Morgan fingerprint density at radius 1 is 1.13 bits per heavy atom. The molecule has 0 radical (unpaired) electrons. The molecule has 0 aliphatic heterocycles. The highest BCUT2D eigenvalue weighted by atomic mass is 16.6. The topological polar surface area (TPSA) is 36.9 Å². The molecule has 0 bridgehead atoms. The molecule has 0 aromatic carbocycles. The van der Waals surface area contributed by atoms with Crippen LogP contribution in [0.15, 0.2) is 12.8 Å². The summed E-state index contributed by atoms with van der Waals surface area (Å²) < 4.78 is 20.8. The molecule has 0 saturated carbocycles. The van der Waals surface area contributed by atoms with Crippen molar-refractivity contribution in [3.63, 3.8) is 0 Å². The molecule has 0 fully saturated rings. The minimum atomic E-state index is 0.0680. The zero-order chi connectivity index (χ0) is 11.4. The number of ether oxygens (including phenoxy) is 4. The van der Waals surface area contributed by atoms with E-state index in [2.05, 4.69) is 6.58 Å². The summed E-state index contributed by atoms with van der Waals surface area (Å²) in [4.78, 5) is 0. The third kappa shape index (κ3) is 11.3. The zero-order valence-corrected chi connectivity index (χ0v) is 9.74. The van der Waals surface area contributed by atoms with Crippen molar-refractivity contribution < 1.29 is 18.9 Å². The van der Waals surface area contributed by atoms with Crippen LogP contribution in [-0.4, -0.2) is 45.7 Å². The van der Waals surface area contributed by atoms with Gasteiger partial charge in [-0.3, -0.25) is 0 Å². The van der Waals surface area contributed by atoms with Gasteiger partial charge in [-0.05, 0) is 13.8 Å². The molecule has 1 atom stereocenters. The van der Waals surface area contributed by atoms with Crippen LogP contribution in [0.4, 0.5) is 0 Å². The van der Waals surface area contributed by atoms with E-state index >= 15 is 0 Å². The lowest BCUT2D eigenvalue weighted by Crippen LogP contribution is -2.18. The number of hydrogen-bond donors (Lipinski definition) is 0. The Morgan fingerprint density at radius 2 is 1.80 bits per heavy atom. The van der Waals surface area contributed by atoms with Gasteiger partial charge in [0, 0.05) is 6.61 Å². The minimum Gasteiger partial charge on any atom is -0.499 e. The van der Waals surface area contributed by atoms with Crippen LogP contribution in [0.2, 0.25) is 0 Å². The molecule has 0 N–H and O–H groups in total. The summed E-state index contributed by atoms with van der Waals surface area (Å²) >= 11 is 0. The first-order valence-corrected chi connectivity index (χ1v) is 5.30. The molecule has 4 heteroatoms. The first-order valence-electron chi connectivity index (χ1n) is 5.30. The van der Waals surface area contributed by atoms with Gasteiger partial charge in [0.1, 0.15) is 6.61 Å². The summed E-state index contributed by atoms with van der Waals surface area (Å²) in [6, 6.07) is 0. The van der Waals surface area contributed by atoms with E-state index in [1.807, 2.05) is 13.8 Å². The third-order valence-corrected chi connectivity index (χ3v) is 1.65. The molecule has 15 heavy (non-hydrogen) atoms. The van der Waals surface area contributed by atoms with Crippen molar-refractivity contribution >= 4 is 0 Å². The molecule has 0 aromatic rings. The van der Waals surface area contributed by atoms with E-state index in [0.717, 1.165) is 6.61 Å². The summed E-state index contributed by atoms with van der Waals surface area (Å²) in [5.74, 6) is 0. The van der Waals surface area contributed by atoms with Gasteiger partial charge < -0.3 is 18.9 Å². The van der Waals surface area contributed by atoms with E-state index in [4.69, 9.17) is 18.9 Å². The van der Waals surface area contributed by atoms with Crippen LogP contribution >= 0.6 is 0 Å². The van der Waals surface area contributed by atoms with Crippen LogP contribution in [0.5, 0.6) is 0 Å². The molecule has 0 spiro atoms. The molecule has 0 aliphatic carbocycles. The Morgan fingerprint density at radius 3 is 2.47 bits per heavy atom. The Balaban J connectivity index is 3.05. The minimum absolute atomic E-state index is 0.0680. The number of rotatable bonds is 11. The molecule has 0 rings (SSSR count). The van der Waals surface area contributed by atoms with Crippen molar-refractivity contribution in [2.24, 2.45) is 0 Å². The van der Waals surface area contributed by atoms with E-state index in [0.29, 0.717) is 33.0 Å². The van der Waals surface area contributed by atoms with Crippen molar-refractivity contribution in [2.45, 2.75) is 20.0 Å². The van der Waals surface area contributed by atoms with Gasteiger partial charge >= 0.3 is 0 Å². The molecule has 0 saturated heterocycles. The Bertz CT molecular complexity index is 139. The van der Waals surface area contributed by atoms with Crippen molar-refractivity contribution in [2.75, 3.05) is 39.6 Å². The second-order valence-electron chi connectivity index (χ2n) is 2.99. The first-order chi connectivity index (χ1) is 7.31. The van der Waals surface area contributed by atoms with E-state index in [9.17, 15) is 0 Å². The number of hydrogen-bond acceptors (Lipinski definition) is 4. The fraction of sp³-hybridized carbons (Fsp3) is 0.818. The smallest absolute Gasteiger partial charge is 0.113 e. The summed E-state index contributed by atoms with van der Waals surface area (Å²) in [5, 5.41) is 0. The largest absolute Gasteiger partial charge is 0.499 e. The molecule has 0 aromatic heterocycles. The summed E-state index contributed by atoms with van der Waals surface area (Å²) in [5.41, 5.74) is 0. The van der Waals surface area contributed by atoms with Crippen molar-refractivity contribution in [3.8, 4) is 0 Å². The van der Waals surface area contributed by atoms with Crippen LogP contribution in [0.1, 0.15) is 13.8 Å². The molecule has 1 unspecified atom stereocenters. The zero-order valence-electron chi connectivity index (χ0n) is 9.74. The third-order valence-electron chi connectivity index (χ3n) is 1.65. The van der Waals surface area contributed by atoms with E-state index < -0.39 is 0 Å². The second kappa shape index (κ2) is 11.5. The van der Waals surface area contributed by atoms with E-state index in [1.165, 1.54) is 6.26 Å². The summed E-state index contributed by atoms with van der Waals surface area (Å²) in [6.07, 6.45) is 1.48. The quantitative estimate of drug-likeness (QED) is 0.390. The van der Waals surface area contributed by atoms with Gasteiger partial charge in [-0.2, -0.15) is 0 Å². The van der Waals surface area contributed by atoms with Crippen molar-refractivity contribution in [1.29, 1.82) is 0 Å². The average molecular weight is 218 g/mol. The summed E-state index contributed by atoms with van der Waals surface area (Å²) in [6.45, 7) is 11.1. The lowest BCUT2D eigenvalue weighted by atomic mass is 10.4. The summed E-state index contributed by atoms with van der Waals surface area (Å²) in [7, 11) is 0. The molecular formula is C11H22O4. The highest BCUT2D eigenvalue weighted by Gasteiger charge is 2.00. The lowest BCUT2D eigenvalue weighted by Gasteiger charge is -2.12. The second-order valence-corrected chi connectivity index (χ2v) is 2.99.